The molecule has 1 unspecified atom stereocenters. The van der Waals surface area contributed by atoms with E-state index in [1.807, 2.05) is 13.0 Å². The van der Waals surface area contributed by atoms with Gasteiger partial charge in [-0.25, -0.2) is 9.78 Å². The van der Waals surface area contributed by atoms with Crippen molar-refractivity contribution >= 4 is 23.7 Å². The zero-order chi connectivity index (χ0) is 17.1. The molecule has 9 heteroatoms. The second-order valence-electron chi connectivity index (χ2n) is 5.92. The highest BCUT2D eigenvalue weighted by Crippen LogP contribution is 2.17. The van der Waals surface area contributed by atoms with Crippen LogP contribution in [0.5, 0.6) is 0 Å². The Morgan fingerprint density at radius 1 is 1.29 bits per heavy atom. The molecule has 1 aromatic heterocycles. The Kier molecular flexibility index (Phi) is 4.79. The maximum Gasteiger partial charge on any atom is 0.325 e. The van der Waals surface area contributed by atoms with E-state index in [9.17, 15) is 9.59 Å². The van der Waals surface area contributed by atoms with Crippen molar-refractivity contribution in [2.75, 3.05) is 50.0 Å². The number of anilines is 2. The van der Waals surface area contributed by atoms with E-state index in [-0.39, 0.29) is 18.1 Å². The van der Waals surface area contributed by atoms with Gasteiger partial charge in [-0.3, -0.25) is 14.6 Å². The predicted octanol–water partition coefficient (Wildman–Crippen LogP) is -0.0718. The van der Waals surface area contributed by atoms with E-state index in [2.05, 4.69) is 30.4 Å². The Labute approximate surface area is 141 Å². The quantitative estimate of drug-likeness (QED) is 0.796. The minimum Gasteiger partial charge on any atom is -0.370 e. The lowest BCUT2D eigenvalue weighted by Gasteiger charge is -2.41. The molecular formula is C15H23N7O2. The monoisotopic (exact) mass is 333 g/mol. The minimum atomic E-state index is -0.333. The summed E-state index contributed by atoms with van der Waals surface area (Å²) in [5.41, 5.74) is 0. The number of hydrogen-bond donors (Lipinski definition) is 2. The Balaban J connectivity index is 1.59. The van der Waals surface area contributed by atoms with Crippen molar-refractivity contribution in [3.8, 4) is 0 Å². The average molecular weight is 333 g/mol. The predicted molar refractivity (Wildman–Crippen MR) is 89.7 cm³/mol. The second-order valence-corrected chi connectivity index (χ2v) is 5.92. The van der Waals surface area contributed by atoms with Crippen LogP contribution in [0.2, 0.25) is 0 Å². The summed E-state index contributed by atoms with van der Waals surface area (Å²) < 4.78 is 0. The van der Waals surface area contributed by atoms with Gasteiger partial charge in [-0.2, -0.15) is 4.98 Å². The molecule has 1 atom stereocenters. The average Bonchev–Trinajstić information content (AvgIpc) is 2.60. The van der Waals surface area contributed by atoms with E-state index in [0.717, 1.165) is 43.4 Å². The number of nitrogens with one attached hydrogen (secondary N) is 2. The van der Waals surface area contributed by atoms with Gasteiger partial charge in [0.05, 0.1) is 12.6 Å². The fraction of sp³-hybridized carbons (Fsp3) is 0.600. The van der Waals surface area contributed by atoms with Crippen molar-refractivity contribution in [2.24, 2.45) is 0 Å². The van der Waals surface area contributed by atoms with Crippen LogP contribution in [0.15, 0.2) is 12.3 Å². The third-order valence-electron chi connectivity index (χ3n) is 4.38. The first-order valence-electron chi connectivity index (χ1n) is 8.21. The van der Waals surface area contributed by atoms with E-state index < -0.39 is 0 Å². The van der Waals surface area contributed by atoms with E-state index >= 15 is 0 Å². The number of amides is 3. The van der Waals surface area contributed by atoms with Crippen molar-refractivity contribution in [3.63, 3.8) is 0 Å². The molecule has 2 aliphatic heterocycles. The van der Waals surface area contributed by atoms with Crippen molar-refractivity contribution in [1.82, 2.24) is 25.1 Å². The van der Waals surface area contributed by atoms with Crippen LogP contribution in [0, 0.1) is 0 Å². The fourth-order valence-corrected chi connectivity index (χ4v) is 2.94. The molecule has 3 amide bonds. The van der Waals surface area contributed by atoms with Crippen molar-refractivity contribution < 1.29 is 9.59 Å². The molecule has 0 radical (unpaired) electrons. The molecule has 0 aromatic carbocycles. The van der Waals surface area contributed by atoms with E-state index in [1.54, 1.807) is 6.20 Å². The van der Waals surface area contributed by atoms with Gasteiger partial charge in [0.1, 0.15) is 5.82 Å². The highest BCUT2D eigenvalue weighted by Gasteiger charge is 2.34. The SMILES string of the molecule is CCNc1ccnc(N2CCN(C3CC(=O)N(C)C(=O)N3)CC2)n1. The van der Waals surface area contributed by atoms with Crippen LogP contribution in [-0.4, -0.2) is 77.6 Å². The van der Waals surface area contributed by atoms with Crippen LogP contribution in [0.1, 0.15) is 13.3 Å². The Hall–Kier alpha value is -2.42. The lowest BCUT2D eigenvalue weighted by Crippen LogP contribution is -2.62. The zero-order valence-electron chi connectivity index (χ0n) is 14.0. The molecular weight excluding hydrogens is 310 g/mol. The number of carbonyl (C=O) groups is 2. The summed E-state index contributed by atoms with van der Waals surface area (Å²) in [6.07, 6.45) is 1.84. The van der Waals surface area contributed by atoms with Gasteiger partial charge in [-0.05, 0) is 13.0 Å². The number of hydrogen-bond acceptors (Lipinski definition) is 7. The molecule has 2 N–H and O–H groups in total. The number of carbonyl (C=O) groups excluding carboxylic acids is 2. The van der Waals surface area contributed by atoms with Crippen LogP contribution >= 0.6 is 0 Å². The first-order chi connectivity index (χ1) is 11.6. The lowest BCUT2D eigenvalue weighted by atomic mass is 10.2. The summed E-state index contributed by atoms with van der Waals surface area (Å²) in [7, 11) is 1.50. The van der Waals surface area contributed by atoms with E-state index in [4.69, 9.17) is 0 Å². The molecule has 2 fully saturated rings. The number of piperazine rings is 1. The van der Waals surface area contributed by atoms with Gasteiger partial charge < -0.3 is 15.5 Å². The summed E-state index contributed by atoms with van der Waals surface area (Å²) in [5.74, 6) is 1.38. The Bertz CT molecular complexity index is 598. The molecule has 0 saturated carbocycles. The van der Waals surface area contributed by atoms with Crippen molar-refractivity contribution in [1.29, 1.82) is 0 Å². The largest absolute Gasteiger partial charge is 0.370 e. The maximum absolute atomic E-state index is 11.8. The van der Waals surface area contributed by atoms with Gasteiger partial charge in [0.25, 0.3) is 0 Å². The molecule has 0 bridgehead atoms. The van der Waals surface area contributed by atoms with Gasteiger partial charge in [-0.15, -0.1) is 0 Å². The molecule has 0 spiro atoms. The fourth-order valence-electron chi connectivity index (χ4n) is 2.94. The van der Waals surface area contributed by atoms with Crippen LogP contribution in [0.4, 0.5) is 16.6 Å². The van der Waals surface area contributed by atoms with Crippen molar-refractivity contribution in [2.45, 2.75) is 19.5 Å². The summed E-state index contributed by atoms with van der Waals surface area (Å²) in [6.45, 7) is 5.84. The number of nitrogens with zero attached hydrogens (tertiary/aromatic N) is 5. The summed E-state index contributed by atoms with van der Waals surface area (Å²) in [4.78, 5) is 37.9. The first kappa shape index (κ1) is 16.4. The summed E-state index contributed by atoms with van der Waals surface area (Å²) in [5, 5.41) is 6.06. The maximum atomic E-state index is 11.8. The second kappa shape index (κ2) is 7.00. The highest BCUT2D eigenvalue weighted by molar-refractivity contribution is 5.96. The first-order valence-corrected chi connectivity index (χ1v) is 8.21. The van der Waals surface area contributed by atoms with Gasteiger partial charge in [0.2, 0.25) is 11.9 Å². The Morgan fingerprint density at radius 3 is 2.71 bits per heavy atom. The van der Waals surface area contributed by atoms with Crippen LogP contribution in [0.3, 0.4) is 0 Å². The molecule has 0 aliphatic carbocycles. The number of rotatable bonds is 4. The Morgan fingerprint density at radius 2 is 2.04 bits per heavy atom. The molecule has 1 aromatic rings. The van der Waals surface area contributed by atoms with E-state index in [1.165, 1.54) is 7.05 Å². The number of aromatic nitrogens is 2. The lowest BCUT2D eigenvalue weighted by molar-refractivity contribution is -0.130. The minimum absolute atomic E-state index is 0.146. The van der Waals surface area contributed by atoms with Gasteiger partial charge in [-0.1, -0.05) is 0 Å². The topological polar surface area (TPSA) is 93.7 Å². The van der Waals surface area contributed by atoms with Gasteiger partial charge in [0.15, 0.2) is 0 Å². The summed E-state index contributed by atoms with van der Waals surface area (Å²) >= 11 is 0. The standard InChI is InChI=1S/C15H23N7O2/c1-3-16-11-4-5-17-14(18-11)22-8-6-21(7-9-22)12-10-13(23)20(2)15(24)19-12/h4-5,12H,3,6-10H2,1-2H3,(H,19,24)(H,16,17,18). The van der Waals surface area contributed by atoms with E-state index in [0.29, 0.717) is 12.4 Å². The highest BCUT2D eigenvalue weighted by atomic mass is 16.2. The third-order valence-corrected chi connectivity index (χ3v) is 4.38. The summed E-state index contributed by atoms with van der Waals surface area (Å²) in [6, 6.07) is 1.52. The number of urea groups is 1. The molecule has 130 valence electrons. The van der Waals surface area contributed by atoms with Crippen LogP contribution in [0.25, 0.3) is 0 Å². The molecule has 24 heavy (non-hydrogen) atoms. The van der Waals surface area contributed by atoms with Crippen molar-refractivity contribution in [3.05, 3.63) is 12.3 Å². The molecule has 3 heterocycles. The molecule has 2 saturated heterocycles. The third kappa shape index (κ3) is 3.40. The normalized spacial score (nSPS) is 22.5. The number of imide groups is 1. The molecule has 2 aliphatic rings. The van der Waals surface area contributed by atoms with Crippen LogP contribution < -0.4 is 15.5 Å². The molecule has 9 nitrogen and oxygen atoms in total. The zero-order valence-corrected chi connectivity index (χ0v) is 14.0. The van der Waals surface area contributed by atoms with Gasteiger partial charge in [0, 0.05) is 46.0 Å². The smallest absolute Gasteiger partial charge is 0.325 e. The molecule has 3 rings (SSSR count). The van der Waals surface area contributed by atoms with Crippen LogP contribution in [-0.2, 0) is 4.79 Å². The van der Waals surface area contributed by atoms with Gasteiger partial charge >= 0.3 is 6.03 Å².